The number of hydrogen-bond donors (Lipinski definition) is 1. The Hall–Kier alpha value is -2.54. The first kappa shape index (κ1) is 18.3. The smallest absolute Gasteiger partial charge is 0.191 e. The first-order valence-corrected chi connectivity index (χ1v) is 9.41. The number of Topliss-reactive ketones (excluding diaryl/α,β-unsaturated/α-hetero) is 1. The number of methoxy groups -OCH3 is 1. The second-order valence-electron chi connectivity index (χ2n) is 5.98. The van der Waals surface area contributed by atoms with Crippen molar-refractivity contribution in [3.8, 4) is 17.1 Å². The summed E-state index contributed by atoms with van der Waals surface area (Å²) in [6.45, 7) is 6.64. The van der Waals surface area contributed by atoms with Crippen molar-refractivity contribution in [1.29, 1.82) is 0 Å². The van der Waals surface area contributed by atoms with E-state index in [1.807, 2.05) is 55.7 Å². The van der Waals surface area contributed by atoms with Gasteiger partial charge in [0.1, 0.15) is 5.75 Å². The molecule has 0 unspecified atom stereocenters. The lowest BCUT2D eigenvalue weighted by atomic mass is 10.2. The third-order valence-electron chi connectivity index (χ3n) is 4.16. The Bertz CT molecular complexity index is 912. The Labute approximate surface area is 157 Å². The summed E-state index contributed by atoms with van der Waals surface area (Å²) in [4.78, 5) is 15.7. The molecular formula is C19H22N4O2S. The van der Waals surface area contributed by atoms with Crippen LogP contribution in [0.5, 0.6) is 5.75 Å². The molecule has 1 aromatic carbocycles. The number of aromatic amines is 1. The minimum absolute atomic E-state index is 0.0912. The highest BCUT2D eigenvalue weighted by Gasteiger charge is 2.17. The molecule has 0 saturated carbocycles. The number of rotatable bonds is 7. The van der Waals surface area contributed by atoms with E-state index in [1.54, 1.807) is 7.11 Å². The van der Waals surface area contributed by atoms with Crippen LogP contribution < -0.4 is 4.74 Å². The highest BCUT2D eigenvalue weighted by Crippen LogP contribution is 2.26. The molecule has 1 N–H and O–H groups in total. The Kier molecular flexibility index (Phi) is 5.46. The molecule has 0 saturated heterocycles. The summed E-state index contributed by atoms with van der Waals surface area (Å²) < 4.78 is 7.22. The zero-order valence-corrected chi connectivity index (χ0v) is 16.2. The second kappa shape index (κ2) is 7.78. The molecule has 2 aromatic heterocycles. The zero-order chi connectivity index (χ0) is 18.7. The fraction of sp³-hybridized carbons (Fsp3) is 0.316. The largest absolute Gasteiger partial charge is 0.497 e. The van der Waals surface area contributed by atoms with Gasteiger partial charge in [0.25, 0.3) is 0 Å². The van der Waals surface area contributed by atoms with Gasteiger partial charge in [-0.1, -0.05) is 11.8 Å². The summed E-state index contributed by atoms with van der Waals surface area (Å²) in [6.07, 6.45) is 0. The maximum Gasteiger partial charge on any atom is 0.191 e. The molecule has 7 heteroatoms. The van der Waals surface area contributed by atoms with Gasteiger partial charge in [0.2, 0.25) is 0 Å². The fourth-order valence-electron chi connectivity index (χ4n) is 2.86. The van der Waals surface area contributed by atoms with E-state index in [0.717, 1.165) is 45.8 Å². The van der Waals surface area contributed by atoms with Crippen LogP contribution in [0.15, 0.2) is 35.5 Å². The molecule has 0 aliphatic heterocycles. The number of benzene rings is 1. The normalized spacial score (nSPS) is 10.9. The van der Waals surface area contributed by atoms with Gasteiger partial charge in [-0.2, -0.15) is 0 Å². The average Bonchev–Trinajstić information content (AvgIpc) is 3.21. The molecule has 26 heavy (non-hydrogen) atoms. The number of hydrogen-bond acceptors (Lipinski definition) is 5. The molecule has 136 valence electrons. The van der Waals surface area contributed by atoms with Crippen molar-refractivity contribution in [3.63, 3.8) is 0 Å². The van der Waals surface area contributed by atoms with E-state index < -0.39 is 0 Å². The van der Waals surface area contributed by atoms with Crippen LogP contribution in [-0.2, 0) is 6.54 Å². The number of nitrogens with one attached hydrogen (secondary N) is 1. The Morgan fingerprint density at radius 3 is 2.54 bits per heavy atom. The maximum atomic E-state index is 12.5. The van der Waals surface area contributed by atoms with E-state index in [9.17, 15) is 4.79 Å². The van der Waals surface area contributed by atoms with Crippen LogP contribution in [0.2, 0.25) is 0 Å². The predicted molar refractivity (Wildman–Crippen MR) is 103 cm³/mol. The van der Waals surface area contributed by atoms with E-state index in [0.29, 0.717) is 5.75 Å². The number of nitrogens with zero attached hydrogens (tertiary/aromatic N) is 3. The molecule has 0 atom stereocenters. The van der Waals surface area contributed by atoms with Gasteiger partial charge >= 0.3 is 0 Å². The number of aryl methyl sites for hydroxylation is 2. The van der Waals surface area contributed by atoms with Crippen LogP contribution in [0.1, 0.15) is 28.7 Å². The number of thioether (sulfide) groups is 1. The first-order chi connectivity index (χ1) is 12.5. The lowest BCUT2D eigenvalue weighted by Crippen LogP contribution is -2.05. The molecule has 0 fully saturated rings. The van der Waals surface area contributed by atoms with Crippen molar-refractivity contribution in [2.75, 3.05) is 12.9 Å². The molecule has 0 aliphatic rings. The quantitative estimate of drug-likeness (QED) is 0.504. The van der Waals surface area contributed by atoms with E-state index in [4.69, 9.17) is 4.74 Å². The van der Waals surface area contributed by atoms with Gasteiger partial charge in [-0.05, 0) is 51.1 Å². The third kappa shape index (κ3) is 3.67. The second-order valence-corrected chi connectivity index (χ2v) is 6.92. The molecule has 0 aliphatic carbocycles. The van der Waals surface area contributed by atoms with Gasteiger partial charge in [0.05, 0.1) is 12.9 Å². The topological polar surface area (TPSA) is 72.8 Å². The summed E-state index contributed by atoms with van der Waals surface area (Å²) >= 11 is 1.42. The van der Waals surface area contributed by atoms with Crippen LogP contribution in [0.4, 0.5) is 0 Å². The summed E-state index contributed by atoms with van der Waals surface area (Å²) in [5, 5.41) is 9.35. The SMILES string of the molecule is CCn1c(SCC(=O)c2cc(C)[nH]c2C)nnc1-c1ccc(OC)cc1. The number of carbonyl (C=O) groups is 1. The van der Waals surface area contributed by atoms with Gasteiger partial charge < -0.3 is 14.3 Å². The summed E-state index contributed by atoms with van der Waals surface area (Å²) in [5.74, 6) is 2.01. The van der Waals surface area contributed by atoms with Gasteiger partial charge in [-0.25, -0.2) is 0 Å². The highest BCUT2D eigenvalue weighted by molar-refractivity contribution is 7.99. The standard InChI is InChI=1S/C19H22N4O2S/c1-5-23-18(14-6-8-15(25-4)9-7-14)21-22-19(23)26-11-17(24)16-10-12(2)20-13(16)3/h6-10,20H,5,11H2,1-4H3. The molecule has 0 radical (unpaired) electrons. The number of H-pyrrole nitrogens is 1. The fourth-order valence-corrected chi connectivity index (χ4v) is 3.74. The third-order valence-corrected chi connectivity index (χ3v) is 5.13. The van der Waals surface area contributed by atoms with Crippen LogP contribution in [0, 0.1) is 13.8 Å². The predicted octanol–water partition coefficient (Wildman–Crippen LogP) is 3.89. The van der Waals surface area contributed by atoms with Crippen molar-refractivity contribution in [2.45, 2.75) is 32.5 Å². The zero-order valence-electron chi connectivity index (χ0n) is 15.4. The van der Waals surface area contributed by atoms with Gasteiger partial charge in [0.15, 0.2) is 16.8 Å². The molecule has 0 amide bonds. The van der Waals surface area contributed by atoms with Gasteiger partial charge in [-0.3, -0.25) is 4.79 Å². The van der Waals surface area contributed by atoms with Crippen LogP contribution in [-0.4, -0.2) is 38.4 Å². The van der Waals surface area contributed by atoms with E-state index in [2.05, 4.69) is 15.2 Å². The van der Waals surface area contributed by atoms with Crippen LogP contribution in [0.25, 0.3) is 11.4 Å². The van der Waals surface area contributed by atoms with Crippen molar-refractivity contribution >= 4 is 17.5 Å². The van der Waals surface area contributed by atoms with Crippen molar-refractivity contribution < 1.29 is 9.53 Å². The molecule has 0 bridgehead atoms. The molecule has 6 nitrogen and oxygen atoms in total. The van der Waals surface area contributed by atoms with Crippen molar-refractivity contribution in [2.24, 2.45) is 0 Å². The molecular weight excluding hydrogens is 348 g/mol. The average molecular weight is 370 g/mol. The van der Waals surface area contributed by atoms with Crippen molar-refractivity contribution in [1.82, 2.24) is 19.7 Å². The van der Waals surface area contributed by atoms with Crippen molar-refractivity contribution in [3.05, 3.63) is 47.3 Å². The number of aromatic nitrogens is 4. The number of carbonyl (C=O) groups excluding carboxylic acids is 1. The van der Waals surface area contributed by atoms with Crippen LogP contribution >= 0.6 is 11.8 Å². The monoisotopic (exact) mass is 370 g/mol. The van der Waals surface area contributed by atoms with Gasteiger partial charge in [0, 0.05) is 29.1 Å². The van der Waals surface area contributed by atoms with E-state index >= 15 is 0 Å². The Morgan fingerprint density at radius 2 is 1.96 bits per heavy atom. The number of ether oxygens (including phenoxy) is 1. The first-order valence-electron chi connectivity index (χ1n) is 8.43. The highest BCUT2D eigenvalue weighted by atomic mass is 32.2. The number of ketones is 1. The minimum Gasteiger partial charge on any atom is -0.497 e. The summed E-state index contributed by atoms with van der Waals surface area (Å²) in [7, 11) is 1.64. The minimum atomic E-state index is 0.0912. The maximum absolute atomic E-state index is 12.5. The van der Waals surface area contributed by atoms with E-state index in [1.165, 1.54) is 11.8 Å². The van der Waals surface area contributed by atoms with Crippen LogP contribution in [0.3, 0.4) is 0 Å². The molecule has 0 spiro atoms. The Balaban J connectivity index is 1.77. The molecule has 2 heterocycles. The van der Waals surface area contributed by atoms with E-state index in [-0.39, 0.29) is 5.78 Å². The molecule has 3 aromatic rings. The lowest BCUT2D eigenvalue weighted by molar-refractivity contribution is 0.102. The Morgan fingerprint density at radius 1 is 1.23 bits per heavy atom. The summed E-state index contributed by atoms with van der Waals surface area (Å²) in [5.41, 5.74) is 3.61. The molecule has 3 rings (SSSR count). The van der Waals surface area contributed by atoms with Gasteiger partial charge in [-0.15, -0.1) is 10.2 Å². The summed E-state index contributed by atoms with van der Waals surface area (Å²) in [6, 6.07) is 9.61. The lowest BCUT2D eigenvalue weighted by Gasteiger charge is -2.07.